The highest BCUT2D eigenvalue weighted by Gasteiger charge is 2.40. The van der Waals surface area contributed by atoms with Gasteiger partial charge in [-0.2, -0.15) is 0 Å². The second-order valence-corrected chi connectivity index (χ2v) is 8.82. The van der Waals surface area contributed by atoms with E-state index in [9.17, 15) is 14.4 Å². The summed E-state index contributed by atoms with van der Waals surface area (Å²) < 4.78 is 12.4. The van der Waals surface area contributed by atoms with Crippen LogP contribution in [0.1, 0.15) is 43.7 Å². The van der Waals surface area contributed by atoms with Crippen LogP contribution in [-0.4, -0.2) is 35.4 Å². The molecule has 7 nitrogen and oxygen atoms in total. The molecule has 4 rings (SSSR count). The zero-order valence-corrected chi connectivity index (χ0v) is 19.9. The summed E-state index contributed by atoms with van der Waals surface area (Å²) in [5, 5.41) is 2.30. The van der Waals surface area contributed by atoms with Gasteiger partial charge in [0.1, 0.15) is 12.2 Å². The standard InChI is InChI=1S/C25H25BrN2O5/c1-2-32-21-14-17(13-20(26)22(21)33-15-16-8-4-3-5-9-16)12-19-23(29)27-25(31)28(24(19)30)18-10-6-7-11-18/h3-5,8-9,12-14,18H,2,6-7,10-11,15H2,1H3,(H,27,29,31)/b19-12+. The zero-order chi connectivity index (χ0) is 23.4. The summed E-state index contributed by atoms with van der Waals surface area (Å²) in [5.74, 6) is -0.237. The van der Waals surface area contributed by atoms with E-state index in [2.05, 4.69) is 21.2 Å². The fraction of sp³-hybridized carbons (Fsp3) is 0.320. The number of imide groups is 2. The lowest BCUT2D eigenvalue weighted by atomic mass is 10.0. The Morgan fingerprint density at radius 3 is 2.52 bits per heavy atom. The molecule has 2 aromatic carbocycles. The fourth-order valence-corrected chi connectivity index (χ4v) is 4.71. The monoisotopic (exact) mass is 512 g/mol. The van der Waals surface area contributed by atoms with Crippen molar-refractivity contribution in [3.05, 3.63) is 63.6 Å². The first-order valence-corrected chi connectivity index (χ1v) is 11.8. The molecule has 0 radical (unpaired) electrons. The van der Waals surface area contributed by atoms with Crippen molar-refractivity contribution < 1.29 is 23.9 Å². The molecule has 0 unspecified atom stereocenters. The highest BCUT2D eigenvalue weighted by molar-refractivity contribution is 9.10. The molecule has 172 valence electrons. The summed E-state index contributed by atoms with van der Waals surface area (Å²) >= 11 is 3.53. The Hall–Kier alpha value is -3.13. The molecular formula is C25H25BrN2O5. The van der Waals surface area contributed by atoms with Gasteiger partial charge in [0.05, 0.1) is 11.1 Å². The molecule has 1 aliphatic carbocycles. The van der Waals surface area contributed by atoms with E-state index in [-0.39, 0.29) is 11.6 Å². The molecule has 0 spiro atoms. The van der Waals surface area contributed by atoms with E-state index in [4.69, 9.17) is 9.47 Å². The molecule has 1 saturated carbocycles. The van der Waals surface area contributed by atoms with Gasteiger partial charge in [0, 0.05) is 6.04 Å². The van der Waals surface area contributed by atoms with Gasteiger partial charge in [-0.05, 0) is 65.0 Å². The highest BCUT2D eigenvalue weighted by Crippen LogP contribution is 2.38. The van der Waals surface area contributed by atoms with E-state index in [1.54, 1.807) is 12.1 Å². The van der Waals surface area contributed by atoms with Gasteiger partial charge in [-0.15, -0.1) is 0 Å². The van der Waals surface area contributed by atoms with E-state index in [1.165, 1.54) is 11.0 Å². The predicted molar refractivity (Wildman–Crippen MR) is 127 cm³/mol. The van der Waals surface area contributed by atoms with Crippen LogP contribution in [0, 0.1) is 0 Å². The molecule has 4 amide bonds. The molecule has 1 heterocycles. The number of halogens is 1. The van der Waals surface area contributed by atoms with Crippen LogP contribution in [0.4, 0.5) is 4.79 Å². The van der Waals surface area contributed by atoms with Crippen molar-refractivity contribution in [1.29, 1.82) is 0 Å². The van der Waals surface area contributed by atoms with Crippen molar-refractivity contribution in [2.24, 2.45) is 0 Å². The Bertz CT molecular complexity index is 1090. The predicted octanol–water partition coefficient (Wildman–Crippen LogP) is 4.83. The lowest BCUT2D eigenvalue weighted by molar-refractivity contribution is -0.131. The molecule has 0 atom stereocenters. The van der Waals surface area contributed by atoms with Crippen LogP contribution in [0.2, 0.25) is 0 Å². The van der Waals surface area contributed by atoms with Crippen LogP contribution in [0.5, 0.6) is 11.5 Å². The Balaban J connectivity index is 1.63. The average molecular weight is 513 g/mol. The van der Waals surface area contributed by atoms with Crippen LogP contribution in [0.15, 0.2) is 52.5 Å². The molecule has 2 aromatic rings. The first kappa shape index (κ1) is 23.0. The fourth-order valence-electron chi connectivity index (χ4n) is 4.14. The van der Waals surface area contributed by atoms with E-state index >= 15 is 0 Å². The number of urea groups is 1. The van der Waals surface area contributed by atoms with E-state index < -0.39 is 17.8 Å². The van der Waals surface area contributed by atoms with Crippen LogP contribution >= 0.6 is 15.9 Å². The topological polar surface area (TPSA) is 84.9 Å². The van der Waals surface area contributed by atoms with E-state index in [0.717, 1.165) is 31.2 Å². The van der Waals surface area contributed by atoms with Gasteiger partial charge in [0.2, 0.25) is 0 Å². The second-order valence-electron chi connectivity index (χ2n) is 7.97. The Kier molecular flexibility index (Phi) is 7.13. The number of benzene rings is 2. The maximum absolute atomic E-state index is 13.1. The SMILES string of the molecule is CCOc1cc(/C=C2\C(=O)NC(=O)N(C3CCCC3)C2=O)cc(Br)c1OCc1ccccc1. The third kappa shape index (κ3) is 5.11. The number of barbiturate groups is 1. The molecule has 1 N–H and O–H groups in total. The molecule has 33 heavy (non-hydrogen) atoms. The van der Waals surface area contributed by atoms with Crippen LogP contribution in [0.3, 0.4) is 0 Å². The quantitative estimate of drug-likeness (QED) is 0.424. The lowest BCUT2D eigenvalue weighted by Gasteiger charge is -2.31. The first-order chi connectivity index (χ1) is 16.0. The number of nitrogens with zero attached hydrogens (tertiary/aromatic N) is 1. The number of hydrogen-bond acceptors (Lipinski definition) is 5. The first-order valence-electron chi connectivity index (χ1n) is 11.0. The van der Waals surface area contributed by atoms with Crippen molar-refractivity contribution in [2.45, 2.75) is 45.3 Å². The number of amides is 4. The number of rotatable bonds is 7. The molecule has 8 heteroatoms. The minimum absolute atomic E-state index is 0.0752. The summed E-state index contributed by atoms with van der Waals surface area (Å²) in [6.07, 6.45) is 4.93. The summed E-state index contributed by atoms with van der Waals surface area (Å²) in [7, 11) is 0. The summed E-state index contributed by atoms with van der Waals surface area (Å²) in [6.45, 7) is 2.64. The van der Waals surface area contributed by atoms with Gasteiger partial charge in [-0.1, -0.05) is 43.2 Å². The third-order valence-electron chi connectivity index (χ3n) is 5.69. The van der Waals surface area contributed by atoms with Crippen LogP contribution in [-0.2, 0) is 16.2 Å². The number of carbonyl (C=O) groups is 3. The van der Waals surface area contributed by atoms with Crippen LogP contribution in [0.25, 0.3) is 6.08 Å². The molecule has 0 bridgehead atoms. The summed E-state index contributed by atoms with van der Waals surface area (Å²) in [6, 6.07) is 12.4. The largest absolute Gasteiger partial charge is 0.490 e. The van der Waals surface area contributed by atoms with Crippen LogP contribution < -0.4 is 14.8 Å². The minimum atomic E-state index is -0.697. The second kappa shape index (κ2) is 10.2. The maximum Gasteiger partial charge on any atom is 0.331 e. The number of ether oxygens (including phenoxy) is 2. The highest BCUT2D eigenvalue weighted by atomic mass is 79.9. The molecule has 1 saturated heterocycles. The van der Waals surface area contributed by atoms with Gasteiger partial charge in [-0.25, -0.2) is 4.79 Å². The Morgan fingerprint density at radius 1 is 1.09 bits per heavy atom. The lowest BCUT2D eigenvalue weighted by Crippen LogP contribution is -2.57. The van der Waals surface area contributed by atoms with Gasteiger partial charge in [-0.3, -0.25) is 19.8 Å². The number of nitrogens with one attached hydrogen (secondary N) is 1. The molecular weight excluding hydrogens is 488 g/mol. The Labute approximate surface area is 200 Å². The normalized spacial score (nSPS) is 18.1. The molecule has 1 aliphatic heterocycles. The molecule has 2 aliphatic rings. The zero-order valence-electron chi connectivity index (χ0n) is 18.3. The van der Waals surface area contributed by atoms with Crippen molar-refractivity contribution in [3.63, 3.8) is 0 Å². The number of hydrogen-bond donors (Lipinski definition) is 1. The van der Waals surface area contributed by atoms with Crippen molar-refractivity contribution >= 4 is 39.9 Å². The third-order valence-corrected chi connectivity index (χ3v) is 6.28. The minimum Gasteiger partial charge on any atom is -0.490 e. The van der Waals surface area contributed by atoms with Crippen molar-refractivity contribution in [2.75, 3.05) is 6.61 Å². The van der Waals surface area contributed by atoms with Crippen molar-refractivity contribution in [3.8, 4) is 11.5 Å². The number of carbonyl (C=O) groups excluding carboxylic acids is 3. The summed E-state index contributed by atoms with van der Waals surface area (Å²) in [4.78, 5) is 39.1. The molecule has 0 aromatic heterocycles. The Morgan fingerprint density at radius 2 is 1.82 bits per heavy atom. The van der Waals surface area contributed by atoms with Gasteiger partial charge in [0.15, 0.2) is 11.5 Å². The smallest absolute Gasteiger partial charge is 0.331 e. The average Bonchev–Trinajstić information content (AvgIpc) is 3.31. The molecule has 2 fully saturated rings. The van der Waals surface area contributed by atoms with Gasteiger partial charge < -0.3 is 9.47 Å². The van der Waals surface area contributed by atoms with Gasteiger partial charge in [0.25, 0.3) is 11.8 Å². The van der Waals surface area contributed by atoms with Crippen molar-refractivity contribution in [1.82, 2.24) is 10.2 Å². The van der Waals surface area contributed by atoms with E-state index in [0.29, 0.717) is 34.7 Å². The van der Waals surface area contributed by atoms with Gasteiger partial charge >= 0.3 is 6.03 Å². The van der Waals surface area contributed by atoms with E-state index in [1.807, 2.05) is 37.3 Å². The summed E-state index contributed by atoms with van der Waals surface area (Å²) in [5.41, 5.74) is 1.52. The maximum atomic E-state index is 13.1.